The highest BCUT2D eigenvalue weighted by Crippen LogP contribution is 2.35. The van der Waals surface area contributed by atoms with Crippen LogP contribution in [0.3, 0.4) is 0 Å². The van der Waals surface area contributed by atoms with Gasteiger partial charge in [0.2, 0.25) is 0 Å². The predicted molar refractivity (Wildman–Crippen MR) is 72.0 cm³/mol. The van der Waals surface area contributed by atoms with Crippen molar-refractivity contribution in [2.75, 3.05) is 7.11 Å². The van der Waals surface area contributed by atoms with Crippen LogP contribution in [0.15, 0.2) is 22.7 Å². The third-order valence-corrected chi connectivity index (χ3v) is 4.49. The van der Waals surface area contributed by atoms with E-state index >= 15 is 0 Å². The fourth-order valence-electron chi connectivity index (χ4n) is 2.74. The summed E-state index contributed by atoms with van der Waals surface area (Å²) in [6.45, 7) is 0. The van der Waals surface area contributed by atoms with Crippen LogP contribution >= 0.6 is 15.9 Å². The molecule has 1 aliphatic rings. The van der Waals surface area contributed by atoms with Gasteiger partial charge in [0.1, 0.15) is 5.82 Å². The summed E-state index contributed by atoms with van der Waals surface area (Å²) in [5.74, 6) is -0.276. The van der Waals surface area contributed by atoms with Crippen molar-refractivity contribution < 1.29 is 14.2 Å². The van der Waals surface area contributed by atoms with Crippen molar-refractivity contribution in [1.82, 2.24) is 0 Å². The first-order valence-corrected chi connectivity index (χ1v) is 7.03. The van der Waals surface area contributed by atoms with Gasteiger partial charge in [-0.15, -0.1) is 0 Å². The molecule has 100 valence electrons. The van der Waals surface area contributed by atoms with Crippen LogP contribution in [0.25, 0.3) is 0 Å². The highest BCUT2D eigenvalue weighted by Gasteiger charge is 2.39. The lowest BCUT2D eigenvalue weighted by molar-refractivity contribution is -0.116. The van der Waals surface area contributed by atoms with Crippen LogP contribution in [0, 0.1) is 5.82 Å². The fourth-order valence-corrected chi connectivity index (χ4v) is 3.13. The van der Waals surface area contributed by atoms with E-state index < -0.39 is 5.60 Å². The number of hydrogen-bond donors (Lipinski definition) is 1. The van der Waals surface area contributed by atoms with Crippen LogP contribution < -0.4 is 0 Å². The molecule has 4 heteroatoms. The molecule has 2 unspecified atom stereocenters. The van der Waals surface area contributed by atoms with Crippen molar-refractivity contribution in [3.63, 3.8) is 0 Å². The number of hydrogen-bond acceptors (Lipinski definition) is 2. The van der Waals surface area contributed by atoms with Crippen LogP contribution in [-0.4, -0.2) is 23.9 Å². The fraction of sp³-hybridized carbons (Fsp3) is 0.571. The van der Waals surface area contributed by atoms with E-state index in [9.17, 15) is 9.50 Å². The molecule has 2 rings (SSSR count). The van der Waals surface area contributed by atoms with Crippen molar-refractivity contribution in [2.45, 2.75) is 43.8 Å². The summed E-state index contributed by atoms with van der Waals surface area (Å²) < 4.78 is 19.5. The van der Waals surface area contributed by atoms with E-state index in [1.807, 2.05) is 0 Å². The number of aliphatic hydroxyl groups is 1. The molecule has 0 aromatic heterocycles. The summed E-state index contributed by atoms with van der Waals surface area (Å²) >= 11 is 3.40. The van der Waals surface area contributed by atoms with Gasteiger partial charge in [-0.05, 0) is 36.6 Å². The number of benzene rings is 1. The topological polar surface area (TPSA) is 29.5 Å². The molecule has 1 saturated carbocycles. The molecule has 0 bridgehead atoms. The van der Waals surface area contributed by atoms with Gasteiger partial charge in [-0.3, -0.25) is 0 Å². The summed E-state index contributed by atoms with van der Waals surface area (Å²) in [5.41, 5.74) is -0.0926. The van der Waals surface area contributed by atoms with E-state index in [0.717, 1.165) is 29.3 Å². The molecule has 2 nitrogen and oxygen atoms in total. The largest absolute Gasteiger partial charge is 0.387 e. The molecule has 2 atom stereocenters. The Kier molecular flexibility index (Phi) is 4.41. The minimum atomic E-state index is -0.886. The molecule has 0 heterocycles. The van der Waals surface area contributed by atoms with E-state index in [4.69, 9.17) is 4.74 Å². The van der Waals surface area contributed by atoms with Crippen LogP contribution in [0.5, 0.6) is 0 Å². The van der Waals surface area contributed by atoms with Gasteiger partial charge in [0.05, 0.1) is 11.7 Å². The maximum Gasteiger partial charge on any atom is 0.123 e. The molecule has 1 fully saturated rings. The van der Waals surface area contributed by atoms with Gasteiger partial charge in [-0.25, -0.2) is 4.39 Å². The highest BCUT2D eigenvalue weighted by molar-refractivity contribution is 9.10. The Labute approximate surface area is 115 Å². The van der Waals surface area contributed by atoms with E-state index in [2.05, 4.69) is 15.9 Å². The van der Waals surface area contributed by atoms with Gasteiger partial charge in [-0.2, -0.15) is 0 Å². The Bertz CT molecular complexity index is 424. The molecular formula is C14H18BrFO2. The van der Waals surface area contributed by atoms with Crippen LogP contribution in [-0.2, 0) is 11.2 Å². The van der Waals surface area contributed by atoms with Gasteiger partial charge in [0.15, 0.2) is 0 Å². The molecule has 0 radical (unpaired) electrons. The Morgan fingerprint density at radius 1 is 1.50 bits per heavy atom. The second-order valence-corrected chi connectivity index (χ2v) is 5.84. The maximum atomic E-state index is 13.3. The van der Waals surface area contributed by atoms with Gasteiger partial charge < -0.3 is 9.84 Å². The van der Waals surface area contributed by atoms with E-state index in [-0.39, 0.29) is 11.9 Å². The smallest absolute Gasteiger partial charge is 0.123 e. The Hall–Kier alpha value is -0.450. The summed E-state index contributed by atoms with van der Waals surface area (Å²) in [6.07, 6.45) is 3.88. The SMILES string of the molecule is COC1CCCCC1(O)Cc1cc(F)ccc1Br. The van der Waals surface area contributed by atoms with E-state index in [1.54, 1.807) is 13.2 Å². The van der Waals surface area contributed by atoms with Crippen molar-refractivity contribution in [2.24, 2.45) is 0 Å². The average Bonchev–Trinajstić information content (AvgIpc) is 2.34. The third-order valence-electron chi connectivity index (χ3n) is 3.71. The van der Waals surface area contributed by atoms with Crippen molar-refractivity contribution >= 4 is 15.9 Å². The first kappa shape index (κ1) is 14.0. The summed E-state index contributed by atoms with van der Waals surface area (Å²) in [5, 5.41) is 10.7. The third kappa shape index (κ3) is 2.92. The molecule has 0 spiro atoms. The molecule has 0 amide bonds. The summed E-state index contributed by atoms with van der Waals surface area (Å²) in [4.78, 5) is 0. The minimum absolute atomic E-state index is 0.165. The number of ether oxygens (including phenoxy) is 1. The summed E-state index contributed by atoms with van der Waals surface area (Å²) in [7, 11) is 1.63. The van der Waals surface area contributed by atoms with Gasteiger partial charge in [0, 0.05) is 18.0 Å². The van der Waals surface area contributed by atoms with Crippen molar-refractivity contribution in [3.8, 4) is 0 Å². The molecule has 1 aromatic rings. The average molecular weight is 317 g/mol. The summed E-state index contributed by atoms with van der Waals surface area (Å²) in [6, 6.07) is 4.56. The second kappa shape index (κ2) is 5.68. The standard InChI is InChI=1S/C14H18BrFO2/c1-18-13-4-2-3-7-14(13,17)9-10-8-11(16)5-6-12(10)15/h5-6,8,13,17H,2-4,7,9H2,1H3. The van der Waals surface area contributed by atoms with Crippen molar-refractivity contribution in [3.05, 3.63) is 34.1 Å². The Morgan fingerprint density at radius 3 is 3.00 bits per heavy atom. The number of rotatable bonds is 3. The van der Waals surface area contributed by atoms with Gasteiger partial charge >= 0.3 is 0 Å². The monoisotopic (exact) mass is 316 g/mol. The molecular weight excluding hydrogens is 299 g/mol. The predicted octanol–water partition coefficient (Wildman–Crippen LogP) is 3.45. The molecule has 1 aromatic carbocycles. The molecule has 0 saturated heterocycles. The maximum absolute atomic E-state index is 13.3. The zero-order valence-electron chi connectivity index (χ0n) is 10.5. The quantitative estimate of drug-likeness (QED) is 0.925. The number of methoxy groups -OCH3 is 1. The lowest BCUT2D eigenvalue weighted by Gasteiger charge is -2.39. The van der Waals surface area contributed by atoms with E-state index in [1.165, 1.54) is 12.1 Å². The molecule has 1 aliphatic carbocycles. The minimum Gasteiger partial charge on any atom is -0.387 e. The highest BCUT2D eigenvalue weighted by atomic mass is 79.9. The van der Waals surface area contributed by atoms with Gasteiger partial charge in [0.25, 0.3) is 0 Å². The molecule has 1 N–H and O–H groups in total. The first-order chi connectivity index (χ1) is 8.55. The molecule has 0 aliphatic heterocycles. The van der Waals surface area contributed by atoms with Gasteiger partial charge in [-0.1, -0.05) is 28.8 Å². The zero-order chi connectivity index (χ0) is 13.2. The van der Waals surface area contributed by atoms with Crippen LogP contribution in [0.2, 0.25) is 0 Å². The zero-order valence-corrected chi connectivity index (χ0v) is 12.0. The first-order valence-electron chi connectivity index (χ1n) is 6.24. The van der Waals surface area contributed by atoms with Crippen LogP contribution in [0.4, 0.5) is 4.39 Å². The van der Waals surface area contributed by atoms with E-state index in [0.29, 0.717) is 12.8 Å². The van der Waals surface area contributed by atoms with Crippen molar-refractivity contribution in [1.29, 1.82) is 0 Å². The number of halogens is 2. The second-order valence-electron chi connectivity index (χ2n) is 4.99. The lowest BCUT2D eigenvalue weighted by Crippen LogP contribution is -2.47. The molecule has 18 heavy (non-hydrogen) atoms. The lowest BCUT2D eigenvalue weighted by atomic mass is 9.78. The normalized spacial score (nSPS) is 28.3. The Morgan fingerprint density at radius 2 is 2.28 bits per heavy atom. The Balaban J connectivity index is 2.22. The van der Waals surface area contributed by atoms with Crippen LogP contribution in [0.1, 0.15) is 31.2 Å².